The maximum atomic E-state index is 13.7. The second-order valence-electron chi connectivity index (χ2n) is 10.4. The molecule has 10 heteroatoms. The Morgan fingerprint density at radius 1 is 0.837 bits per heavy atom. The predicted molar refractivity (Wildman–Crippen MR) is 168 cm³/mol. The lowest BCUT2D eigenvalue weighted by molar-refractivity contribution is -0.114. The van der Waals surface area contributed by atoms with Crippen molar-refractivity contribution in [1.82, 2.24) is 10.2 Å². The summed E-state index contributed by atoms with van der Waals surface area (Å²) < 4.78 is 22.0. The predicted octanol–water partition coefficient (Wildman–Crippen LogP) is 5.32. The van der Waals surface area contributed by atoms with Crippen LogP contribution in [0.1, 0.15) is 31.7 Å². The highest BCUT2D eigenvalue weighted by Gasteiger charge is 2.29. The van der Waals surface area contributed by atoms with Crippen molar-refractivity contribution >= 4 is 23.3 Å². The molecule has 0 saturated carbocycles. The number of urea groups is 1. The van der Waals surface area contributed by atoms with E-state index in [2.05, 4.69) is 15.5 Å². The highest BCUT2D eigenvalue weighted by Crippen LogP contribution is 2.27. The molecule has 3 amide bonds. The van der Waals surface area contributed by atoms with E-state index in [9.17, 15) is 9.59 Å². The molecule has 3 aromatic rings. The normalized spacial score (nSPS) is 13.6. The van der Waals surface area contributed by atoms with Crippen LogP contribution in [0, 0.1) is 0 Å². The van der Waals surface area contributed by atoms with Crippen molar-refractivity contribution in [3.8, 4) is 23.0 Å². The van der Waals surface area contributed by atoms with Crippen LogP contribution in [0.15, 0.2) is 66.7 Å². The van der Waals surface area contributed by atoms with Crippen LogP contribution in [-0.4, -0.2) is 70.5 Å². The number of nitrogens with zero attached hydrogens (tertiary/aromatic N) is 2. The first kappa shape index (κ1) is 31.5. The Kier molecular flexibility index (Phi) is 11.5. The third-order valence-corrected chi connectivity index (χ3v) is 7.41. The average Bonchev–Trinajstić information content (AvgIpc) is 3.03. The fourth-order valence-corrected chi connectivity index (χ4v) is 5.19. The standard InChI is InChI=1S/C33H42N4O6/c1-24(38)35-26-6-10-30(11-7-26)43-19-5-16-36-17-14-28(15-18-36)37(27-8-12-29(40-2)13-9-27)33(39)34-23-25-20-31(41-3)22-32(21-25)42-4/h6-13,20-22,28H,5,14-19,23H2,1-4H3,(H,34,39)(H,35,38). The Labute approximate surface area is 253 Å². The van der Waals surface area contributed by atoms with E-state index in [1.165, 1.54) is 6.92 Å². The third kappa shape index (κ3) is 9.27. The summed E-state index contributed by atoms with van der Waals surface area (Å²) in [4.78, 5) is 29.1. The van der Waals surface area contributed by atoms with Crippen molar-refractivity contribution in [3.05, 3.63) is 72.3 Å². The second kappa shape index (κ2) is 15.7. The van der Waals surface area contributed by atoms with E-state index in [1.807, 2.05) is 65.6 Å². The molecule has 3 aromatic carbocycles. The quantitative estimate of drug-likeness (QED) is 0.260. The summed E-state index contributed by atoms with van der Waals surface area (Å²) in [5.41, 5.74) is 2.47. The zero-order chi connectivity index (χ0) is 30.6. The maximum Gasteiger partial charge on any atom is 0.322 e. The molecular weight excluding hydrogens is 548 g/mol. The van der Waals surface area contributed by atoms with Crippen molar-refractivity contribution in [1.29, 1.82) is 0 Å². The summed E-state index contributed by atoms with van der Waals surface area (Å²) in [6.07, 6.45) is 2.61. The van der Waals surface area contributed by atoms with E-state index >= 15 is 0 Å². The molecule has 0 radical (unpaired) electrons. The Morgan fingerprint density at radius 2 is 1.44 bits per heavy atom. The highest BCUT2D eigenvalue weighted by atomic mass is 16.5. The Hall–Kier alpha value is -4.44. The van der Waals surface area contributed by atoms with E-state index in [1.54, 1.807) is 27.4 Å². The monoisotopic (exact) mass is 590 g/mol. The first-order valence-electron chi connectivity index (χ1n) is 14.5. The van der Waals surface area contributed by atoms with E-state index in [4.69, 9.17) is 18.9 Å². The maximum absolute atomic E-state index is 13.7. The minimum atomic E-state index is -0.150. The number of piperidine rings is 1. The minimum absolute atomic E-state index is 0.0582. The molecule has 4 rings (SSSR count). The van der Waals surface area contributed by atoms with Crippen LogP contribution in [-0.2, 0) is 11.3 Å². The number of carbonyl (C=O) groups excluding carboxylic acids is 2. The molecule has 1 fully saturated rings. The lowest BCUT2D eigenvalue weighted by Crippen LogP contribution is -2.51. The first-order valence-corrected chi connectivity index (χ1v) is 14.5. The molecule has 0 atom stereocenters. The van der Waals surface area contributed by atoms with Crippen molar-refractivity contribution < 1.29 is 28.5 Å². The second-order valence-corrected chi connectivity index (χ2v) is 10.4. The molecule has 10 nitrogen and oxygen atoms in total. The number of methoxy groups -OCH3 is 3. The fraction of sp³-hybridized carbons (Fsp3) is 0.394. The third-order valence-electron chi connectivity index (χ3n) is 7.41. The molecule has 0 aromatic heterocycles. The number of hydrogen-bond acceptors (Lipinski definition) is 7. The lowest BCUT2D eigenvalue weighted by atomic mass is 10.0. The van der Waals surface area contributed by atoms with E-state index in [0.717, 1.165) is 67.3 Å². The summed E-state index contributed by atoms with van der Waals surface area (Å²) in [6.45, 7) is 5.14. The summed E-state index contributed by atoms with van der Waals surface area (Å²) in [6, 6.07) is 20.5. The van der Waals surface area contributed by atoms with E-state index in [-0.39, 0.29) is 18.0 Å². The van der Waals surface area contributed by atoms with Crippen LogP contribution in [0.25, 0.3) is 0 Å². The van der Waals surface area contributed by atoms with Gasteiger partial charge in [0.2, 0.25) is 5.91 Å². The van der Waals surface area contributed by atoms with Gasteiger partial charge in [0.05, 0.1) is 27.9 Å². The highest BCUT2D eigenvalue weighted by molar-refractivity contribution is 5.92. The summed E-state index contributed by atoms with van der Waals surface area (Å²) in [5, 5.41) is 5.86. The van der Waals surface area contributed by atoms with Gasteiger partial charge in [0, 0.05) is 56.6 Å². The fourth-order valence-electron chi connectivity index (χ4n) is 5.19. The molecule has 43 heavy (non-hydrogen) atoms. The van der Waals surface area contributed by atoms with E-state index in [0.29, 0.717) is 24.7 Å². The van der Waals surface area contributed by atoms with Gasteiger partial charge in [-0.25, -0.2) is 4.79 Å². The largest absolute Gasteiger partial charge is 0.497 e. The molecule has 0 bridgehead atoms. The topological polar surface area (TPSA) is 102 Å². The number of benzene rings is 3. The number of carbonyl (C=O) groups is 2. The summed E-state index contributed by atoms with van der Waals surface area (Å²) in [7, 11) is 4.85. The number of amides is 3. The average molecular weight is 591 g/mol. The van der Waals surface area contributed by atoms with Crippen LogP contribution in [0.3, 0.4) is 0 Å². The number of anilines is 2. The lowest BCUT2D eigenvalue weighted by Gasteiger charge is -2.38. The number of hydrogen-bond donors (Lipinski definition) is 2. The number of rotatable bonds is 13. The van der Waals surface area contributed by atoms with Crippen molar-refractivity contribution in [2.24, 2.45) is 0 Å². The summed E-state index contributed by atoms with van der Waals surface area (Å²) in [5.74, 6) is 2.77. The van der Waals surface area contributed by atoms with Gasteiger partial charge in [-0.05, 0) is 85.5 Å². The molecule has 1 saturated heterocycles. The van der Waals surface area contributed by atoms with Crippen molar-refractivity contribution in [3.63, 3.8) is 0 Å². The molecule has 0 aliphatic carbocycles. The van der Waals surface area contributed by atoms with Gasteiger partial charge in [-0.3, -0.25) is 9.69 Å². The first-order chi connectivity index (χ1) is 20.9. The summed E-state index contributed by atoms with van der Waals surface area (Å²) >= 11 is 0. The van der Waals surface area contributed by atoms with Gasteiger partial charge < -0.3 is 34.5 Å². The van der Waals surface area contributed by atoms with Gasteiger partial charge in [-0.15, -0.1) is 0 Å². The number of likely N-dealkylation sites (tertiary alicyclic amines) is 1. The Bertz CT molecular complexity index is 1300. The van der Waals surface area contributed by atoms with E-state index < -0.39 is 0 Å². The molecule has 230 valence electrons. The molecule has 1 aliphatic rings. The van der Waals surface area contributed by atoms with Gasteiger partial charge in [0.15, 0.2) is 0 Å². The molecule has 0 spiro atoms. The van der Waals surface area contributed by atoms with Gasteiger partial charge in [0.1, 0.15) is 23.0 Å². The van der Waals surface area contributed by atoms with Gasteiger partial charge >= 0.3 is 6.03 Å². The molecule has 2 N–H and O–H groups in total. The molecule has 0 unspecified atom stereocenters. The van der Waals surface area contributed by atoms with Crippen LogP contribution < -0.4 is 34.5 Å². The smallest absolute Gasteiger partial charge is 0.322 e. The molecule has 1 heterocycles. The zero-order valence-corrected chi connectivity index (χ0v) is 25.4. The van der Waals surface area contributed by atoms with Crippen LogP contribution in [0.4, 0.5) is 16.2 Å². The van der Waals surface area contributed by atoms with Crippen molar-refractivity contribution in [2.75, 3.05) is 57.8 Å². The van der Waals surface area contributed by atoms with Crippen LogP contribution in [0.2, 0.25) is 0 Å². The van der Waals surface area contributed by atoms with Gasteiger partial charge in [-0.2, -0.15) is 0 Å². The van der Waals surface area contributed by atoms with Gasteiger partial charge in [-0.1, -0.05) is 0 Å². The SMILES string of the molecule is COc1ccc(N(C(=O)NCc2cc(OC)cc(OC)c2)C2CCN(CCCOc3ccc(NC(C)=O)cc3)CC2)cc1. The number of nitrogens with one attached hydrogen (secondary N) is 2. The Morgan fingerprint density at radius 3 is 2.02 bits per heavy atom. The number of ether oxygens (including phenoxy) is 4. The molecular formula is C33H42N4O6. The van der Waals surface area contributed by atoms with Crippen LogP contribution in [0.5, 0.6) is 23.0 Å². The molecule has 1 aliphatic heterocycles. The van der Waals surface area contributed by atoms with Crippen molar-refractivity contribution in [2.45, 2.75) is 38.8 Å². The zero-order valence-electron chi connectivity index (χ0n) is 25.4. The Balaban J connectivity index is 1.31. The van der Waals surface area contributed by atoms with Gasteiger partial charge in [0.25, 0.3) is 0 Å². The minimum Gasteiger partial charge on any atom is -0.497 e. The van der Waals surface area contributed by atoms with Crippen LogP contribution >= 0.6 is 0 Å².